The second-order valence-corrected chi connectivity index (χ2v) is 23.4. The van der Waals surface area contributed by atoms with Gasteiger partial charge in [-0.1, -0.05) is 27.7 Å². The molecule has 42 heteroatoms. The van der Waals surface area contributed by atoms with Gasteiger partial charge in [-0.15, -0.1) is 0 Å². The highest BCUT2D eigenvalue weighted by molar-refractivity contribution is 6.01. The molecule has 1 heterocycles. The van der Waals surface area contributed by atoms with E-state index in [4.69, 9.17) is 45.9 Å². The second kappa shape index (κ2) is 42.4. The van der Waals surface area contributed by atoms with E-state index in [9.17, 15) is 96.5 Å². The quantitative estimate of drug-likeness (QED) is 0.0164. The molecule has 0 saturated carbocycles. The van der Waals surface area contributed by atoms with Gasteiger partial charge in [-0.3, -0.25) is 86.5 Å². The van der Waals surface area contributed by atoms with E-state index in [1.54, 1.807) is 13.8 Å². The van der Waals surface area contributed by atoms with Crippen molar-refractivity contribution < 1.29 is 96.5 Å². The van der Waals surface area contributed by atoms with Gasteiger partial charge >= 0.3 is 11.9 Å². The molecule has 546 valence electrons. The Labute approximate surface area is 560 Å². The highest BCUT2D eigenvalue weighted by Gasteiger charge is 2.38. The van der Waals surface area contributed by atoms with Crippen LogP contribution in [0.3, 0.4) is 0 Å². The van der Waals surface area contributed by atoms with Crippen molar-refractivity contribution in [2.45, 2.75) is 198 Å². The maximum absolute atomic E-state index is 14.3. The average Bonchev–Trinajstić information content (AvgIpc) is 1.58. The number of nitrogens with one attached hydrogen (secondary N) is 12. The van der Waals surface area contributed by atoms with E-state index in [0.29, 0.717) is 0 Å². The number of carboxylic acids is 2. The number of imidazole rings is 1. The molecule has 0 aliphatic rings. The number of carboxylic acid groups (broad SMARTS) is 2. The molecule has 0 aromatic carbocycles. The number of aliphatic imine (C=N–C) groups is 1. The van der Waals surface area contributed by atoms with Gasteiger partial charge in [-0.2, -0.15) is 0 Å². The lowest BCUT2D eigenvalue weighted by Crippen LogP contribution is -2.62. The zero-order valence-electron chi connectivity index (χ0n) is 54.9. The van der Waals surface area contributed by atoms with Gasteiger partial charge in [0.05, 0.1) is 31.6 Å². The maximum atomic E-state index is 14.3. The summed E-state index contributed by atoms with van der Waals surface area (Å²) in [6.45, 7) is 8.41. The van der Waals surface area contributed by atoms with Crippen LogP contribution in [0.15, 0.2) is 17.5 Å². The number of aromatic amines is 1. The Morgan fingerprint density at radius 1 is 0.439 bits per heavy atom. The molecule has 0 aliphatic heterocycles. The molecule has 1 aromatic rings. The molecule has 0 unspecified atom stereocenters. The fourth-order valence-electron chi connectivity index (χ4n) is 8.80. The summed E-state index contributed by atoms with van der Waals surface area (Å²) in [6, 6.07) is -20.0. The minimum atomic E-state index is -1.94. The minimum absolute atomic E-state index is 0.0170. The number of H-pyrrole nitrogens is 1. The first kappa shape index (κ1) is 84.9. The molecule has 0 spiro atoms. The number of amides is 16. The summed E-state index contributed by atoms with van der Waals surface area (Å²) in [7, 11) is 0. The van der Waals surface area contributed by atoms with Crippen LogP contribution in [-0.2, 0) is 92.7 Å². The number of rotatable bonds is 47. The minimum Gasteiger partial charge on any atom is -0.481 e. The molecule has 30 N–H and O–H groups in total. The highest BCUT2D eigenvalue weighted by Crippen LogP contribution is 2.12. The van der Waals surface area contributed by atoms with E-state index in [1.165, 1.54) is 26.4 Å². The predicted octanol–water partition coefficient (Wildman–Crippen LogP) is -10.5. The van der Waals surface area contributed by atoms with E-state index in [2.05, 4.69) is 68.1 Å². The number of carbonyl (C=O) groups is 18. The fraction of sp³-hybridized carbons (Fsp3) is 0.607. The largest absolute Gasteiger partial charge is 0.481 e. The first-order valence-corrected chi connectivity index (χ1v) is 30.6. The SMILES string of the molecule is CC(C)C[C@H](NC(=O)[C@@H](N)CCC(N)=O)C(=O)N[C@@H](CC(N)=O)C(=O)N[C@H](C(=O)N[C@@H](CC(N)=O)C(=O)N[C@@H](Cc1cnc[nH]1)C(=O)N[C@@H](CCC(N)=O)C(=O)N[C@@H](C)C(=O)N[C@@H](CCCN=C(N)N)C(=O)N[C@@H](C)C(=O)N[C@@H](CC(=O)O)C(=O)N[C@@H](CCC(N)=O)C(=O)O)C(C)C. The number of hydrogen-bond donors (Lipinski definition) is 22. The van der Waals surface area contributed by atoms with E-state index < -0.39 is 236 Å². The van der Waals surface area contributed by atoms with Crippen molar-refractivity contribution in [3.8, 4) is 0 Å². The van der Waals surface area contributed by atoms with Gasteiger partial charge < -0.3 is 120 Å². The summed E-state index contributed by atoms with van der Waals surface area (Å²) in [4.78, 5) is 244. The Kier molecular flexibility index (Phi) is 36.7. The first-order valence-electron chi connectivity index (χ1n) is 30.6. The van der Waals surface area contributed by atoms with Crippen molar-refractivity contribution in [1.82, 2.24) is 68.5 Å². The van der Waals surface area contributed by atoms with E-state index in [-0.39, 0.29) is 56.2 Å². The van der Waals surface area contributed by atoms with Crippen molar-refractivity contribution in [1.29, 1.82) is 0 Å². The highest BCUT2D eigenvalue weighted by atomic mass is 16.4. The van der Waals surface area contributed by atoms with Gasteiger partial charge in [-0.05, 0) is 64.2 Å². The molecular formula is C56H92N22O20. The molecule has 1 aromatic heterocycles. The first-order chi connectivity index (χ1) is 45.6. The van der Waals surface area contributed by atoms with Crippen molar-refractivity contribution >= 4 is 112 Å². The number of aromatic nitrogens is 2. The Balaban J connectivity index is 3.54. The van der Waals surface area contributed by atoms with Crippen LogP contribution in [0.2, 0.25) is 0 Å². The van der Waals surface area contributed by atoms with Crippen molar-refractivity contribution in [2.75, 3.05) is 6.54 Å². The zero-order valence-corrected chi connectivity index (χ0v) is 54.9. The lowest BCUT2D eigenvalue weighted by molar-refractivity contribution is -0.144. The standard InChI is InChI=1S/C56H92N22O20/c1-23(2)16-32(74-46(88)28(57)9-12-37(58)79)49(91)76-35(19-41(62)83)53(95)78-43(24(3)4)54(96)77-34(18-40(61)82)51(93)75-33(17-27-21-65-22-67-27)50(92)71-30(10-13-38(59)80)48(90)69-25(5)44(86)70-29(8-7-15-66-56(63)64)47(89)68-26(6)45(87)73-36(20-42(84)85)52(94)72-31(55(97)98)11-14-39(60)81/h21-26,28-36,43H,7-20,57H2,1-6H3,(H2,58,79)(H2,59,80)(H2,60,81)(H2,61,82)(H2,62,83)(H,65,67)(H,68,89)(H,69,90)(H,70,86)(H,71,92)(H,72,94)(H,73,87)(H,74,88)(H,75,93)(H,76,91)(H,77,96)(H,78,95)(H,84,85)(H,97,98)(H4,63,64,66)/t25-,26-,28-,29-,30-,31-,32-,33-,34-,35-,36-,43-/m0/s1. The van der Waals surface area contributed by atoms with E-state index in [1.807, 2.05) is 5.32 Å². The molecule has 0 saturated heterocycles. The van der Waals surface area contributed by atoms with Crippen LogP contribution in [0, 0.1) is 11.8 Å². The molecule has 12 atom stereocenters. The van der Waals surface area contributed by atoms with E-state index in [0.717, 1.165) is 13.8 Å². The summed E-state index contributed by atoms with van der Waals surface area (Å²) in [5, 5.41) is 44.3. The zero-order chi connectivity index (χ0) is 74.8. The third-order valence-corrected chi connectivity index (χ3v) is 14.0. The lowest BCUT2D eigenvalue weighted by atomic mass is 10.00. The lowest BCUT2D eigenvalue weighted by Gasteiger charge is -2.29. The summed E-state index contributed by atoms with van der Waals surface area (Å²) in [5.74, 6) is -22.0. The number of hydrogen-bond acceptors (Lipinski definition) is 21. The van der Waals surface area contributed by atoms with Crippen LogP contribution in [0.5, 0.6) is 0 Å². The van der Waals surface area contributed by atoms with Crippen LogP contribution in [-0.4, -0.2) is 212 Å². The molecule has 16 amide bonds. The number of primary amides is 5. The Morgan fingerprint density at radius 3 is 1.28 bits per heavy atom. The normalized spacial score (nSPS) is 14.6. The van der Waals surface area contributed by atoms with Crippen molar-refractivity contribution in [3.63, 3.8) is 0 Å². The summed E-state index contributed by atoms with van der Waals surface area (Å²) < 4.78 is 0. The summed E-state index contributed by atoms with van der Waals surface area (Å²) in [6.07, 6.45) is -3.72. The third-order valence-electron chi connectivity index (χ3n) is 14.0. The topological polar surface area (TPSA) is 729 Å². The van der Waals surface area contributed by atoms with Crippen LogP contribution in [0.25, 0.3) is 0 Å². The maximum Gasteiger partial charge on any atom is 0.326 e. The van der Waals surface area contributed by atoms with Crippen LogP contribution in [0.1, 0.15) is 124 Å². The van der Waals surface area contributed by atoms with Gasteiger partial charge in [0.15, 0.2) is 5.96 Å². The smallest absolute Gasteiger partial charge is 0.326 e. The number of nitrogens with two attached hydrogens (primary N) is 8. The molecule has 0 bridgehead atoms. The number of aliphatic carboxylic acids is 2. The van der Waals surface area contributed by atoms with Gasteiger partial charge in [-0.25, -0.2) is 9.78 Å². The van der Waals surface area contributed by atoms with Crippen LogP contribution < -0.4 is 104 Å². The van der Waals surface area contributed by atoms with Crippen LogP contribution in [0.4, 0.5) is 0 Å². The van der Waals surface area contributed by atoms with Gasteiger partial charge in [0.25, 0.3) is 0 Å². The van der Waals surface area contributed by atoms with Crippen molar-refractivity contribution in [2.24, 2.45) is 62.7 Å². The molecule has 0 radical (unpaired) electrons. The number of carbonyl (C=O) groups excluding carboxylic acids is 16. The van der Waals surface area contributed by atoms with Gasteiger partial charge in [0, 0.05) is 44.1 Å². The molecule has 42 nitrogen and oxygen atoms in total. The van der Waals surface area contributed by atoms with Gasteiger partial charge in [0.1, 0.15) is 66.5 Å². The summed E-state index contributed by atoms with van der Waals surface area (Å²) in [5.41, 5.74) is 43.5. The Bertz CT molecular complexity index is 3070. The number of nitrogens with zero attached hydrogens (tertiary/aromatic N) is 2. The monoisotopic (exact) mass is 1390 g/mol. The third kappa shape index (κ3) is 33.3. The molecule has 98 heavy (non-hydrogen) atoms. The summed E-state index contributed by atoms with van der Waals surface area (Å²) >= 11 is 0. The average molecular weight is 1390 g/mol. The molecular weight excluding hydrogens is 1300 g/mol. The van der Waals surface area contributed by atoms with E-state index >= 15 is 0 Å². The Hall–Kier alpha value is -11.1. The van der Waals surface area contributed by atoms with Crippen molar-refractivity contribution in [3.05, 3.63) is 18.2 Å². The fourth-order valence-corrected chi connectivity index (χ4v) is 8.80. The molecule has 0 fully saturated rings. The van der Waals surface area contributed by atoms with Crippen LogP contribution >= 0.6 is 0 Å². The molecule has 1 rings (SSSR count). The predicted molar refractivity (Wildman–Crippen MR) is 340 cm³/mol. The Morgan fingerprint density at radius 2 is 0.827 bits per heavy atom. The van der Waals surface area contributed by atoms with Gasteiger partial charge in [0.2, 0.25) is 94.5 Å². The number of guanidine groups is 1. The second-order valence-electron chi connectivity index (χ2n) is 23.4. The molecule has 0 aliphatic carbocycles.